The van der Waals surface area contributed by atoms with E-state index in [1.54, 1.807) is 4.90 Å². The van der Waals surface area contributed by atoms with Gasteiger partial charge in [0.15, 0.2) is 0 Å². The quantitative estimate of drug-likeness (QED) is 0.681. The highest BCUT2D eigenvalue weighted by atomic mass is 16.2. The van der Waals surface area contributed by atoms with Crippen molar-refractivity contribution in [3.63, 3.8) is 0 Å². The third-order valence-electron chi connectivity index (χ3n) is 5.01. The first-order chi connectivity index (χ1) is 13.8. The zero-order valence-electron chi connectivity index (χ0n) is 18.4. The second-order valence-electron chi connectivity index (χ2n) is 7.90. The lowest BCUT2D eigenvalue weighted by Gasteiger charge is -2.31. The van der Waals surface area contributed by atoms with Crippen LogP contribution in [0.3, 0.4) is 0 Å². The lowest BCUT2D eigenvalue weighted by molar-refractivity contribution is -0.140. The fraction of sp³-hybridized carbons (Fsp3) is 0.440. The van der Waals surface area contributed by atoms with Crippen molar-refractivity contribution in [1.29, 1.82) is 0 Å². The number of rotatable bonds is 9. The van der Waals surface area contributed by atoms with Crippen molar-refractivity contribution in [3.8, 4) is 0 Å². The minimum absolute atomic E-state index is 0.0185. The molecule has 0 bridgehead atoms. The van der Waals surface area contributed by atoms with Crippen LogP contribution in [0.25, 0.3) is 0 Å². The van der Waals surface area contributed by atoms with Gasteiger partial charge in [-0.15, -0.1) is 0 Å². The number of nitrogens with zero attached hydrogens (tertiary/aromatic N) is 1. The number of carbonyl (C=O) groups excluding carboxylic acids is 2. The first-order valence-electron chi connectivity index (χ1n) is 10.5. The fourth-order valence-electron chi connectivity index (χ4n) is 3.74. The average Bonchev–Trinajstić information content (AvgIpc) is 2.65. The van der Waals surface area contributed by atoms with Gasteiger partial charge in [0.2, 0.25) is 11.8 Å². The van der Waals surface area contributed by atoms with Gasteiger partial charge >= 0.3 is 0 Å². The zero-order chi connectivity index (χ0) is 21.4. The van der Waals surface area contributed by atoms with Gasteiger partial charge in [-0.25, -0.2) is 0 Å². The molecule has 0 saturated heterocycles. The highest BCUT2D eigenvalue weighted by Crippen LogP contribution is 2.17. The van der Waals surface area contributed by atoms with E-state index in [1.165, 1.54) is 0 Å². The predicted octanol–water partition coefficient (Wildman–Crippen LogP) is 4.49. The van der Waals surface area contributed by atoms with Crippen LogP contribution >= 0.6 is 0 Å². The van der Waals surface area contributed by atoms with Gasteiger partial charge in [-0.05, 0) is 44.7 Å². The number of hydrogen-bond donors (Lipinski definition) is 1. The number of amides is 2. The maximum atomic E-state index is 13.3. The van der Waals surface area contributed by atoms with Gasteiger partial charge < -0.3 is 10.2 Å². The summed E-state index contributed by atoms with van der Waals surface area (Å²) in [7, 11) is 0. The zero-order valence-corrected chi connectivity index (χ0v) is 18.4. The molecule has 2 aromatic carbocycles. The summed E-state index contributed by atoms with van der Waals surface area (Å²) >= 11 is 0. The first-order valence-corrected chi connectivity index (χ1v) is 10.5. The molecule has 1 atom stereocenters. The Morgan fingerprint density at radius 1 is 0.931 bits per heavy atom. The van der Waals surface area contributed by atoms with Crippen LogP contribution in [0, 0.1) is 20.8 Å². The molecule has 0 saturated carbocycles. The molecule has 4 heteroatoms. The number of benzene rings is 2. The van der Waals surface area contributed by atoms with E-state index in [-0.39, 0.29) is 11.8 Å². The van der Waals surface area contributed by atoms with Crippen molar-refractivity contribution in [1.82, 2.24) is 10.2 Å². The van der Waals surface area contributed by atoms with Gasteiger partial charge in [-0.2, -0.15) is 0 Å². The van der Waals surface area contributed by atoms with Gasteiger partial charge in [0, 0.05) is 13.1 Å². The molecule has 0 unspecified atom stereocenters. The maximum absolute atomic E-state index is 13.3. The van der Waals surface area contributed by atoms with Crippen molar-refractivity contribution in [3.05, 3.63) is 70.3 Å². The Bertz CT molecular complexity index is 824. The third kappa shape index (κ3) is 6.74. The molecule has 2 aromatic rings. The third-order valence-corrected chi connectivity index (χ3v) is 5.01. The molecule has 0 heterocycles. The van der Waals surface area contributed by atoms with Crippen molar-refractivity contribution in [2.24, 2.45) is 0 Å². The molecule has 0 aliphatic rings. The molecule has 0 radical (unpaired) electrons. The maximum Gasteiger partial charge on any atom is 0.242 e. The van der Waals surface area contributed by atoms with E-state index in [2.05, 4.69) is 17.4 Å². The topological polar surface area (TPSA) is 49.4 Å². The Kier molecular flexibility index (Phi) is 8.44. The number of carbonyl (C=O) groups is 2. The summed E-state index contributed by atoms with van der Waals surface area (Å²) in [6, 6.07) is 13.9. The Morgan fingerprint density at radius 2 is 1.59 bits per heavy atom. The summed E-state index contributed by atoms with van der Waals surface area (Å²) < 4.78 is 0. The number of hydrogen-bond acceptors (Lipinski definition) is 2. The molecule has 2 amide bonds. The lowest BCUT2D eigenvalue weighted by Crippen LogP contribution is -2.49. The summed E-state index contributed by atoms with van der Waals surface area (Å²) in [5.41, 5.74) is 5.47. The van der Waals surface area contributed by atoms with E-state index in [0.29, 0.717) is 25.9 Å². The number of aryl methyl sites for hydroxylation is 3. The SMILES string of the molecule is CCCNC(=O)[C@H](CC)N(Cc1cccc(C)c1)C(=O)Cc1cc(C)cc(C)c1. The monoisotopic (exact) mass is 394 g/mol. The van der Waals surface area contributed by atoms with Gasteiger partial charge in [-0.3, -0.25) is 9.59 Å². The van der Waals surface area contributed by atoms with E-state index >= 15 is 0 Å². The summed E-state index contributed by atoms with van der Waals surface area (Å²) in [5.74, 6) is -0.0919. The Hall–Kier alpha value is -2.62. The highest BCUT2D eigenvalue weighted by Gasteiger charge is 2.28. The molecule has 29 heavy (non-hydrogen) atoms. The summed E-state index contributed by atoms with van der Waals surface area (Å²) in [4.78, 5) is 27.9. The van der Waals surface area contributed by atoms with Crippen molar-refractivity contribution in [2.75, 3.05) is 6.54 Å². The molecule has 4 nitrogen and oxygen atoms in total. The van der Waals surface area contributed by atoms with Crippen molar-refractivity contribution < 1.29 is 9.59 Å². The van der Waals surface area contributed by atoms with E-state index in [1.807, 2.05) is 65.0 Å². The van der Waals surface area contributed by atoms with Crippen LogP contribution in [-0.4, -0.2) is 29.3 Å². The van der Waals surface area contributed by atoms with E-state index in [4.69, 9.17) is 0 Å². The molecule has 156 valence electrons. The molecule has 0 aromatic heterocycles. The van der Waals surface area contributed by atoms with Crippen LogP contribution in [0.4, 0.5) is 0 Å². The van der Waals surface area contributed by atoms with Gasteiger partial charge in [0.05, 0.1) is 6.42 Å². The van der Waals surface area contributed by atoms with E-state index in [0.717, 1.165) is 34.2 Å². The second kappa shape index (κ2) is 10.8. The van der Waals surface area contributed by atoms with Gasteiger partial charge in [-0.1, -0.05) is 73.0 Å². The standard InChI is InChI=1S/C25H34N2O2/c1-6-11-26-25(29)23(7-2)27(17-21-10-8-9-18(3)13-21)24(28)16-22-14-19(4)12-20(5)15-22/h8-10,12-15,23H,6-7,11,16-17H2,1-5H3,(H,26,29)/t23-/m0/s1. The van der Waals surface area contributed by atoms with Crippen LogP contribution in [0.5, 0.6) is 0 Å². The minimum atomic E-state index is -0.472. The molecular weight excluding hydrogens is 360 g/mol. The largest absolute Gasteiger partial charge is 0.354 e. The van der Waals surface area contributed by atoms with Gasteiger partial charge in [0.25, 0.3) is 0 Å². The predicted molar refractivity (Wildman–Crippen MR) is 119 cm³/mol. The Morgan fingerprint density at radius 3 is 2.17 bits per heavy atom. The molecular formula is C25H34N2O2. The van der Waals surface area contributed by atoms with Crippen molar-refractivity contribution >= 4 is 11.8 Å². The molecule has 0 aliphatic carbocycles. The van der Waals surface area contributed by atoms with Crippen molar-refractivity contribution in [2.45, 2.75) is 66.5 Å². The van der Waals surface area contributed by atoms with Crippen LogP contribution in [-0.2, 0) is 22.6 Å². The first kappa shape index (κ1) is 22.7. The van der Waals surface area contributed by atoms with Crippen LogP contribution in [0.15, 0.2) is 42.5 Å². The fourth-order valence-corrected chi connectivity index (χ4v) is 3.74. The number of nitrogens with one attached hydrogen (secondary N) is 1. The van der Waals surface area contributed by atoms with E-state index in [9.17, 15) is 9.59 Å². The minimum Gasteiger partial charge on any atom is -0.354 e. The van der Waals surface area contributed by atoms with Gasteiger partial charge in [0.1, 0.15) is 6.04 Å². The summed E-state index contributed by atoms with van der Waals surface area (Å²) in [6.45, 7) is 11.2. The Labute approximate surface area is 175 Å². The Balaban J connectivity index is 2.30. The molecule has 2 rings (SSSR count). The van der Waals surface area contributed by atoms with Crippen LogP contribution < -0.4 is 5.32 Å². The molecule has 0 fully saturated rings. The normalized spacial score (nSPS) is 11.8. The molecule has 0 spiro atoms. The van der Waals surface area contributed by atoms with Crippen LogP contribution in [0.2, 0.25) is 0 Å². The molecule has 0 aliphatic heterocycles. The lowest BCUT2D eigenvalue weighted by atomic mass is 10.0. The highest BCUT2D eigenvalue weighted by molar-refractivity contribution is 5.88. The summed E-state index contributed by atoms with van der Waals surface area (Å²) in [6.07, 6.45) is 1.75. The van der Waals surface area contributed by atoms with Crippen LogP contribution in [0.1, 0.15) is 54.5 Å². The summed E-state index contributed by atoms with van der Waals surface area (Å²) in [5, 5.41) is 2.97. The average molecular weight is 395 g/mol. The second-order valence-corrected chi connectivity index (χ2v) is 7.90. The van der Waals surface area contributed by atoms with E-state index < -0.39 is 6.04 Å². The molecule has 1 N–H and O–H groups in total. The smallest absolute Gasteiger partial charge is 0.242 e.